The van der Waals surface area contributed by atoms with E-state index in [1.165, 1.54) is 9.80 Å². The minimum atomic E-state index is -1.00. The summed E-state index contributed by atoms with van der Waals surface area (Å²) in [5.41, 5.74) is 1.48. The molecule has 4 rings (SSSR count). The zero-order chi connectivity index (χ0) is 31.2. The van der Waals surface area contributed by atoms with Crippen LogP contribution in [0.5, 0.6) is 0 Å². The van der Waals surface area contributed by atoms with E-state index >= 15 is 0 Å². The Labute approximate surface area is 246 Å². The molecule has 10 nitrogen and oxygen atoms in total. The van der Waals surface area contributed by atoms with Crippen LogP contribution in [0.1, 0.15) is 58.6 Å². The molecule has 2 aliphatic rings. The average molecular weight is 581 g/mol. The number of hydrogen-bond acceptors (Lipinski definition) is 6. The smallest absolute Gasteiger partial charge is 0.410 e. The van der Waals surface area contributed by atoms with E-state index < -0.39 is 41.2 Å². The Hall–Kier alpha value is -4.34. The van der Waals surface area contributed by atoms with Crippen molar-refractivity contribution in [1.29, 1.82) is 0 Å². The molecular weight excluding hydrogens is 540 g/mol. The van der Waals surface area contributed by atoms with E-state index in [4.69, 9.17) is 9.47 Å². The van der Waals surface area contributed by atoms with Crippen LogP contribution in [0.25, 0.3) is 5.57 Å². The van der Waals surface area contributed by atoms with E-state index in [1.54, 1.807) is 41.5 Å². The molecule has 2 heterocycles. The Morgan fingerprint density at radius 3 is 1.69 bits per heavy atom. The van der Waals surface area contributed by atoms with Crippen molar-refractivity contribution in [2.45, 2.75) is 58.7 Å². The van der Waals surface area contributed by atoms with Gasteiger partial charge in [0, 0.05) is 19.0 Å². The number of rotatable bonds is 4. The van der Waals surface area contributed by atoms with Gasteiger partial charge in [-0.05, 0) is 58.2 Å². The van der Waals surface area contributed by atoms with Crippen molar-refractivity contribution in [3.63, 3.8) is 0 Å². The lowest BCUT2D eigenvalue weighted by Crippen LogP contribution is -2.36. The fraction of sp³-hybridized carbons (Fsp3) is 0.438. The molecule has 1 fully saturated rings. The standard InChI is InChI=1S/C16H21NO4.C16H19NO4/c2*1-16(2,3)21-15(20)17-9-12(13(10-17)14(18)19)11-7-5-4-6-8-11/h4-8,12-13H,9-10H2,1-3H3,(H,18,19);4-8H,9-10H2,1-3H3,(H,18,19)/t12-,13-;/m0./s1. The van der Waals surface area contributed by atoms with Gasteiger partial charge in [-0.2, -0.15) is 0 Å². The SMILES string of the molecule is CC(C)(C)OC(=O)N1CC(C(=O)O)=C(c2ccccc2)C1.CC(C)(C)OC(=O)N1C[C@H](C(=O)O)[C@H](c2ccccc2)C1. The zero-order valence-corrected chi connectivity index (χ0v) is 25.0. The summed E-state index contributed by atoms with van der Waals surface area (Å²) in [6, 6.07) is 18.7. The van der Waals surface area contributed by atoms with Gasteiger partial charge >= 0.3 is 24.1 Å². The van der Waals surface area contributed by atoms with E-state index in [0.29, 0.717) is 12.1 Å². The van der Waals surface area contributed by atoms with Crippen LogP contribution in [0.2, 0.25) is 0 Å². The molecule has 0 saturated carbocycles. The quantitative estimate of drug-likeness (QED) is 0.485. The molecule has 2 aromatic rings. The van der Waals surface area contributed by atoms with Gasteiger partial charge in [-0.15, -0.1) is 0 Å². The molecular formula is C32H40N2O8. The number of carbonyl (C=O) groups excluding carboxylic acids is 2. The van der Waals surface area contributed by atoms with Crippen molar-refractivity contribution in [2.75, 3.05) is 26.2 Å². The molecule has 2 atom stereocenters. The molecule has 2 amide bonds. The normalized spacial score (nSPS) is 18.7. The van der Waals surface area contributed by atoms with Crippen LogP contribution in [0.4, 0.5) is 9.59 Å². The Kier molecular flexibility index (Phi) is 10.0. The number of nitrogens with zero attached hydrogens (tertiary/aromatic N) is 2. The van der Waals surface area contributed by atoms with E-state index in [-0.39, 0.29) is 31.1 Å². The summed E-state index contributed by atoms with van der Waals surface area (Å²) in [5, 5.41) is 18.7. The molecule has 2 N–H and O–H groups in total. The number of aliphatic carboxylic acids is 2. The maximum atomic E-state index is 12.1. The second-order valence-electron chi connectivity index (χ2n) is 12.3. The number of benzene rings is 2. The van der Waals surface area contributed by atoms with E-state index in [0.717, 1.165) is 11.1 Å². The average Bonchev–Trinajstić information content (AvgIpc) is 3.54. The fourth-order valence-corrected chi connectivity index (χ4v) is 4.75. The highest BCUT2D eigenvalue weighted by atomic mass is 16.6. The molecule has 42 heavy (non-hydrogen) atoms. The Morgan fingerprint density at radius 2 is 1.21 bits per heavy atom. The molecule has 0 aromatic heterocycles. The predicted octanol–water partition coefficient (Wildman–Crippen LogP) is 5.50. The predicted molar refractivity (Wildman–Crippen MR) is 157 cm³/mol. The molecule has 0 aliphatic carbocycles. The van der Waals surface area contributed by atoms with Crippen molar-refractivity contribution >= 4 is 29.7 Å². The van der Waals surface area contributed by atoms with E-state index in [2.05, 4.69) is 0 Å². The largest absolute Gasteiger partial charge is 0.481 e. The Bertz CT molecular complexity index is 1280. The topological polar surface area (TPSA) is 134 Å². The van der Waals surface area contributed by atoms with Crippen molar-refractivity contribution in [2.24, 2.45) is 5.92 Å². The van der Waals surface area contributed by atoms with Crippen LogP contribution < -0.4 is 0 Å². The maximum absolute atomic E-state index is 12.1. The van der Waals surface area contributed by atoms with Crippen LogP contribution in [0.15, 0.2) is 66.2 Å². The van der Waals surface area contributed by atoms with Gasteiger partial charge in [0.25, 0.3) is 0 Å². The lowest BCUT2D eigenvalue weighted by atomic mass is 9.89. The summed E-state index contributed by atoms with van der Waals surface area (Å²) < 4.78 is 10.6. The molecule has 0 unspecified atom stereocenters. The minimum absolute atomic E-state index is 0.0640. The van der Waals surface area contributed by atoms with Gasteiger partial charge in [0.15, 0.2) is 0 Å². The highest BCUT2D eigenvalue weighted by Crippen LogP contribution is 2.33. The number of carbonyl (C=O) groups is 4. The number of ether oxygens (including phenoxy) is 2. The second-order valence-corrected chi connectivity index (χ2v) is 12.3. The first kappa shape index (κ1) is 32.2. The summed E-state index contributed by atoms with van der Waals surface area (Å²) in [5.74, 6) is -2.68. The molecule has 0 spiro atoms. The summed E-state index contributed by atoms with van der Waals surface area (Å²) >= 11 is 0. The monoisotopic (exact) mass is 580 g/mol. The number of carboxylic acid groups (broad SMARTS) is 2. The zero-order valence-electron chi connectivity index (χ0n) is 25.0. The summed E-state index contributed by atoms with van der Waals surface area (Å²) in [4.78, 5) is 50.0. The first-order valence-electron chi connectivity index (χ1n) is 13.8. The summed E-state index contributed by atoms with van der Waals surface area (Å²) in [6.45, 7) is 11.6. The first-order valence-corrected chi connectivity index (χ1v) is 13.8. The van der Waals surface area contributed by atoms with Gasteiger partial charge in [-0.1, -0.05) is 60.7 Å². The number of carboxylic acids is 2. The molecule has 10 heteroatoms. The lowest BCUT2D eigenvalue weighted by Gasteiger charge is -2.24. The Morgan fingerprint density at radius 1 is 0.714 bits per heavy atom. The van der Waals surface area contributed by atoms with Gasteiger partial charge in [-0.25, -0.2) is 14.4 Å². The number of likely N-dealkylation sites (tertiary alicyclic amines) is 1. The van der Waals surface area contributed by atoms with Crippen LogP contribution in [0, 0.1) is 5.92 Å². The second kappa shape index (κ2) is 13.1. The van der Waals surface area contributed by atoms with Crippen molar-refractivity contribution < 1.29 is 38.9 Å². The van der Waals surface area contributed by atoms with E-state index in [9.17, 15) is 29.4 Å². The Balaban J connectivity index is 0.000000230. The molecule has 0 radical (unpaired) electrons. The lowest BCUT2D eigenvalue weighted by molar-refractivity contribution is -0.141. The molecule has 2 aliphatic heterocycles. The van der Waals surface area contributed by atoms with Gasteiger partial charge in [0.2, 0.25) is 0 Å². The maximum Gasteiger partial charge on any atom is 0.410 e. The molecule has 0 bridgehead atoms. The third-order valence-corrected chi connectivity index (χ3v) is 6.61. The first-order chi connectivity index (χ1) is 19.6. The van der Waals surface area contributed by atoms with Gasteiger partial charge in [0.05, 0.1) is 24.6 Å². The summed E-state index contributed by atoms with van der Waals surface area (Å²) in [6.07, 6.45) is -0.945. The molecule has 1 saturated heterocycles. The number of amides is 2. The van der Waals surface area contributed by atoms with Crippen molar-refractivity contribution in [1.82, 2.24) is 9.80 Å². The van der Waals surface area contributed by atoms with Crippen LogP contribution in [0.3, 0.4) is 0 Å². The van der Waals surface area contributed by atoms with Crippen LogP contribution >= 0.6 is 0 Å². The van der Waals surface area contributed by atoms with Gasteiger partial charge in [-0.3, -0.25) is 9.69 Å². The van der Waals surface area contributed by atoms with Gasteiger partial charge < -0.3 is 24.6 Å². The van der Waals surface area contributed by atoms with Crippen LogP contribution in [-0.4, -0.2) is 81.5 Å². The van der Waals surface area contributed by atoms with Gasteiger partial charge in [0.1, 0.15) is 11.2 Å². The third kappa shape index (κ3) is 8.83. The molecule has 226 valence electrons. The van der Waals surface area contributed by atoms with E-state index in [1.807, 2.05) is 60.7 Å². The molecule has 2 aromatic carbocycles. The highest BCUT2D eigenvalue weighted by Gasteiger charge is 2.41. The summed E-state index contributed by atoms with van der Waals surface area (Å²) in [7, 11) is 0. The van der Waals surface area contributed by atoms with Crippen molar-refractivity contribution in [3.05, 3.63) is 77.4 Å². The van der Waals surface area contributed by atoms with Crippen LogP contribution in [-0.2, 0) is 19.1 Å². The van der Waals surface area contributed by atoms with Crippen molar-refractivity contribution in [3.8, 4) is 0 Å². The minimum Gasteiger partial charge on any atom is -0.481 e. The fourth-order valence-electron chi connectivity index (χ4n) is 4.75. The third-order valence-electron chi connectivity index (χ3n) is 6.61. The number of hydrogen-bond donors (Lipinski definition) is 2. The highest BCUT2D eigenvalue weighted by molar-refractivity contribution is 6.00.